The molecular weight excluding hydrogens is 270 g/mol. The van der Waals surface area contributed by atoms with Crippen LogP contribution >= 0.6 is 0 Å². The second-order valence-electron chi connectivity index (χ2n) is 4.05. The van der Waals surface area contributed by atoms with Gasteiger partial charge in [-0.15, -0.1) is 0 Å². The Hall–Kier alpha value is -2.22. The first-order valence-electron chi connectivity index (χ1n) is 5.94. The summed E-state index contributed by atoms with van der Waals surface area (Å²) >= 11 is 0. The van der Waals surface area contributed by atoms with E-state index in [9.17, 15) is 18.4 Å². The van der Waals surface area contributed by atoms with Gasteiger partial charge in [-0.3, -0.25) is 15.4 Å². The first-order valence-corrected chi connectivity index (χ1v) is 5.94. The van der Waals surface area contributed by atoms with E-state index in [1.165, 1.54) is 6.92 Å². The van der Waals surface area contributed by atoms with Crippen molar-refractivity contribution in [2.24, 2.45) is 5.84 Å². The fraction of sp³-hybridized carbons (Fsp3) is 0.333. The Morgan fingerprint density at radius 2 is 1.85 bits per heavy atom. The molecule has 1 rings (SSSR count). The monoisotopic (exact) mass is 286 g/mol. The number of carbonyl (C=O) groups is 2. The van der Waals surface area contributed by atoms with Crippen molar-refractivity contribution in [2.45, 2.75) is 19.9 Å². The van der Waals surface area contributed by atoms with Gasteiger partial charge in [-0.25, -0.2) is 8.78 Å². The predicted molar refractivity (Wildman–Crippen MR) is 69.8 cm³/mol. The summed E-state index contributed by atoms with van der Waals surface area (Å²) in [6.45, 7) is 3.61. The number of nitrogens with two attached hydrogens (primary N) is 1. The van der Waals surface area contributed by atoms with Crippen LogP contribution in [-0.4, -0.2) is 24.4 Å². The molecule has 0 fully saturated rings. The maximum atomic E-state index is 13.4. The minimum atomic E-state index is -0.997. The van der Waals surface area contributed by atoms with Crippen LogP contribution in [0.2, 0.25) is 0 Å². The van der Waals surface area contributed by atoms with E-state index in [1.807, 2.05) is 5.43 Å². The molecule has 20 heavy (non-hydrogen) atoms. The molecule has 1 atom stereocenters. The Balaban J connectivity index is 2.86. The van der Waals surface area contributed by atoms with Crippen LogP contribution in [0.25, 0.3) is 0 Å². The van der Waals surface area contributed by atoms with Gasteiger partial charge in [-0.1, -0.05) is 0 Å². The normalized spacial score (nSPS) is 11.7. The molecule has 0 aliphatic rings. The minimum Gasteiger partial charge on any atom is -0.355 e. The quantitative estimate of drug-likeness (QED) is 0.468. The lowest BCUT2D eigenvalue weighted by molar-refractivity contribution is -0.122. The van der Waals surface area contributed by atoms with E-state index in [0.717, 1.165) is 12.1 Å². The molecule has 0 heterocycles. The van der Waals surface area contributed by atoms with Gasteiger partial charge >= 0.3 is 0 Å². The van der Waals surface area contributed by atoms with E-state index >= 15 is 0 Å². The molecule has 1 aromatic rings. The third-order valence-corrected chi connectivity index (χ3v) is 2.54. The number of hydrazine groups is 1. The van der Waals surface area contributed by atoms with Crippen molar-refractivity contribution in [3.05, 3.63) is 29.3 Å². The molecule has 2 amide bonds. The van der Waals surface area contributed by atoms with Gasteiger partial charge in [0, 0.05) is 12.1 Å². The molecule has 0 saturated heterocycles. The first-order chi connectivity index (χ1) is 9.40. The number of benzene rings is 1. The molecule has 1 unspecified atom stereocenters. The van der Waals surface area contributed by atoms with Crippen molar-refractivity contribution in [3.63, 3.8) is 0 Å². The zero-order valence-corrected chi connectivity index (χ0v) is 11.1. The molecule has 6 nitrogen and oxygen atoms in total. The van der Waals surface area contributed by atoms with Crippen LogP contribution < -0.4 is 21.9 Å². The summed E-state index contributed by atoms with van der Waals surface area (Å²) in [5.41, 5.74) is 1.09. The highest BCUT2D eigenvalue weighted by Gasteiger charge is 2.18. The predicted octanol–water partition coefficient (Wildman–Crippen LogP) is 0.505. The number of nitrogen functional groups attached to an aromatic ring is 1. The smallest absolute Gasteiger partial charge is 0.252 e. The molecule has 0 spiro atoms. The van der Waals surface area contributed by atoms with Gasteiger partial charge in [0.15, 0.2) is 11.6 Å². The molecule has 8 heteroatoms. The fourth-order valence-corrected chi connectivity index (χ4v) is 1.51. The molecule has 0 saturated carbocycles. The standard InChI is InChI=1S/C12H16F2N4O2/c1-3-16-11(19)6(2)17-12(20)7-4-8(13)10(18-15)9(14)5-7/h4-6,18H,3,15H2,1-2H3,(H,16,19)(H,17,20). The van der Waals surface area contributed by atoms with Crippen molar-refractivity contribution >= 4 is 17.5 Å². The number of hydrogen-bond donors (Lipinski definition) is 4. The minimum absolute atomic E-state index is 0.241. The van der Waals surface area contributed by atoms with E-state index in [1.54, 1.807) is 6.92 Å². The summed E-state index contributed by atoms with van der Waals surface area (Å²) in [7, 11) is 0. The molecule has 5 N–H and O–H groups in total. The number of likely N-dealkylation sites (N-methyl/N-ethyl adjacent to an activating group) is 1. The highest BCUT2D eigenvalue weighted by Crippen LogP contribution is 2.19. The van der Waals surface area contributed by atoms with Gasteiger partial charge in [0.25, 0.3) is 5.91 Å². The third-order valence-electron chi connectivity index (χ3n) is 2.54. The molecule has 1 aromatic carbocycles. The Morgan fingerprint density at radius 1 is 1.30 bits per heavy atom. The third kappa shape index (κ3) is 3.64. The lowest BCUT2D eigenvalue weighted by Crippen LogP contribution is -2.44. The number of hydrogen-bond acceptors (Lipinski definition) is 4. The second kappa shape index (κ2) is 6.80. The van der Waals surface area contributed by atoms with Gasteiger partial charge in [0.1, 0.15) is 11.7 Å². The van der Waals surface area contributed by atoms with Gasteiger partial charge in [-0.2, -0.15) is 0 Å². The topological polar surface area (TPSA) is 96.2 Å². The summed E-state index contributed by atoms with van der Waals surface area (Å²) < 4.78 is 26.9. The molecule has 0 aromatic heterocycles. The SMILES string of the molecule is CCNC(=O)C(C)NC(=O)c1cc(F)c(NN)c(F)c1. The highest BCUT2D eigenvalue weighted by atomic mass is 19.1. The summed E-state index contributed by atoms with van der Waals surface area (Å²) in [5.74, 6) is 1.81. The van der Waals surface area contributed by atoms with E-state index in [4.69, 9.17) is 5.84 Å². The number of nitrogens with one attached hydrogen (secondary N) is 3. The van der Waals surface area contributed by atoms with Gasteiger partial charge in [0.2, 0.25) is 5.91 Å². The summed E-state index contributed by atoms with van der Waals surface area (Å²) in [5, 5.41) is 4.85. The largest absolute Gasteiger partial charge is 0.355 e. The zero-order valence-electron chi connectivity index (χ0n) is 11.1. The average Bonchev–Trinajstić information content (AvgIpc) is 2.38. The fourth-order valence-electron chi connectivity index (χ4n) is 1.51. The molecule has 0 radical (unpaired) electrons. The van der Waals surface area contributed by atoms with Crippen LogP contribution in [0.1, 0.15) is 24.2 Å². The van der Waals surface area contributed by atoms with Gasteiger partial charge in [0.05, 0.1) is 0 Å². The van der Waals surface area contributed by atoms with Crippen LogP contribution in [0.15, 0.2) is 12.1 Å². The van der Waals surface area contributed by atoms with Crippen molar-refractivity contribution in [2.75, 3.05) is 12.0 Å². The van der Waals surface area contributed by atoms with Crippen LogP contribution in [0.3, 0.4) is 0 Å². The van der Waals surface area contributed by atoms with Gasteiger partial charge < -0.3 is 16.1 Å². The first kappa shape index (κ1) is 15.8. The van der Waals surface area contributed by atoms with Gasteiger partial charge in [-0.05, 0) is 26.0 Å². The van der Waals surface area contributed by atoms with E-state index in [2.05, 4.69) is 10.6 Å². The molecule has 110 valence electrons. The number of amides is 2. The Kier molecular flexibility index (Phi) is 5.39. The second-order valence-corrected chi connectivity index (χ2v) is 4.05. The Bertz CT molecular complexity index is 499. The molecule has 0 bridgehead atoms. The summed E-state index contributed by atoms with van der Waals surface area (Å²) in [6.07, 6.45) is 0. The van der Waals surface area contributed by atoms with Crippen molar-refractivity contribution in [3.8, 4) is 0 Å². The Labute approximate surface area is 114 Å². The number of rotatable bonds is 5. The molecule has 0 aliphatic heterocycles. The molecular formula is C12H16F2N4O2. The van der Waals surface area contributed by atoms with Crippen LogP contribution in [-0.2, 0) is 4.79 Å². The van der Waals surface area contributed by atoms with Crippen LogP contribution in [0.4, 0.5) is 14.5 Å². The summed E-state index contributed by atoms with van der Waals surface area (Å²) in [4.78, 5) is 23.2. The van der Waals surface area contributed by atoms with E-state index < -0.39 is 29.3 Å². The van der Waals surface area contributed by atoms with E-state index in [0.29, 0.717) is 6.54 Å². The van der Waals surface area contributed by atoms with Crippen molar-refractivity contribution in [1.29, 1.82) is 0 Å². The molecule has 0 aliphatic carbocycles. The number of anilines is 1. The number of carbonyl (C=O) groups excluding carboxylic acids is 2. The zero-order chi connectivity index (χ0) is 15.3. The van der Waals surface area contributed by atoms with Crippen molar-refractivity contribution < 1.29 is 18.4 Å². The summed E-state index contributed by atoms with van der Waals surface area (Å²) in [6, 6.07) is 0.844. The maximum Gasteiger partial charge on any atom is 0.252 e. The number of halogens is 2. The lowest BCUT2D eigenvalue weighted by atomic mass is 10.1. The van der Waals surface area contributed by atoms with Crippen LogP contribution in [0, 0.1) is 11.6 Å². The maximum absolute atomic E-state index is 13.4. The average molecular weight is 286 g/mol. The highest BCUT2D eigenvalue weighted by molar-refractivity contribution is 5.97. The Morgan fingerprint density at radius 3 is 2.30 bits per heavy atom. The van der Waals surface area contributed by atoms with E-state index in [-0.39, 0.29) is 11.5 Å². The van der Waals surface area contributed by atoms with Crippen molar-refractivity contribution in [1.82, 2.24) is 10.6 Å². The lowest BCUT2D eigenvalue weighted by Gasteiger charge is -2.14. The van der Waals surface area contributed by atoms with Crippen LogP contribution in [0.5, 0.6) is 0 Å².